The molecule has 0 saturated heterocycles. The number of nitrogens with two attached hydrogens (primary N) is 1. The van der Waals surface area contributed by atoms with Crippen LogP contribution in [0.5, 0.6) is 0 Å². The number of carbonyl (C=O) groups is 2. The van der Waals surface area contributed by atoms with Crippen LogP contribution in [-0.2, 0) is 20.7 Å². The molecule has 0 heterocycles. The van der Waals surface area contributed by atoms with Gasteiger partial charge in [-0.3, -0.25) is 9.59 Å². The number of hydrogen-bond acceptors (Lipinski definition) is 4. The predicted octanol–water partition coefficient (Wildman–Crippen LogP) is 1.14. The van der Waals surface area contributed by atoms with E-state index >= 15 is 0 Å². The number of aryl methyl sites for hydroxylation is 1. The van der Waals surface area contributed by atoms with Crippen LogP contribution in [0.1, 0.15) is 24.8 Å². The number of Topliss-reactive ketones (excluding diaryl/α,β-unsaturated/α-hetero) is 1. The average molecular weight is 289 g/mol. The van der Waals surface area contributed by atoms with Crippen molar-refractivity contribution in [2.24, 2.45) is 5.73 Å². The van der Waals surface area contributed by atoms with Crippen LogP contribution in [0.4, 0.5) is 0 Å². The molecule has 0 aromatic heterocycles. The fourth-order valence-corrected chi connectivity index (χ4v) is 1.75. The predicted molar refractivity (Wildman–Crippen MR) is 77.6 cm³/mol. The van der Waals surface area contributed by atoms with E-state index in [9.17, 15) is 9.59 Å². The fraction of sp³-hybridized carbons (Fsp3) is 0.400. The Hall–Kier alpha value is -2.30. The maximum Gasteiger partial charge on any atom is 0.323 e. The molecule has 0 fully saturated rings. The molecule has 6 nitrogen and oxygen atoms in total. The van der Waals surface area contributed by atoms with Crippen molar-refractivity contribution in [3.05, 3.63) is 41.4 Å². The monoisotopic (exact) mass is 289 g/mol. The van der Waals surface area contributed by atoms with E-state index in [0.717, 1.165) is 19.1 Å². The van der Waals surface area contributed by atoms with Gasteiger partial charge in [-0.1, -0.05) is 30.3 Å². The summed E-state index contributed by atoms with van der Waals surface area (Å²) in [7, 11) is 0. The summed E-state index contributed by atoms with van der Waals surface area (Å²) in [5.41, 5.74) is 15.0. The van der Waals surface area contributed by atoms with Crippen LogP contribution < -0.4 is 5.73 Å². The van der Waals surface area contributed by atoms with Crippen molar-refractivity contribution in [1.82, 2.24) is 0 Å². The zero-order valence-electron chi connectivity index (χ0n) is 11.8. The molecule has 1 unspecified atom stereocenters. The Morgan fingerprint density at radius 3 is 2.71 bits per heavy atom. The summed E-state index contributed by atoms with van der Waals surface area (Å²) in [6, 6.07) is 9.07. The Balaban J connectivity index is 2.18. The molecule has 1 atom stereocenters. The summed E-state index contributed by atoms with van der Waals surface area (Å²) < 4.78 is 5.06. The van der Waals surface area contributed by atoms with Crippen LogP contribution in [-0.4, -0.2) is 35.4 Å². The SMILES string of the molecule is [N-]=[N+]=CC(=O)CCC(N)C(=O)OCCCc1ccccc1. The Morgan fingerprint density at radius 1 is 1.33 bits per heavy atom. The number of esters is 1. The van der Waals surface area contributed by atoms with E-state index in [4.69, 9.17) is 16.0 Å². The lowest BCUT2D eigenvalue weighted by Crippen LogP contribution is -2.33. The molecule has 0 radical (unpaired) electrons. The zero-order chi connectivity index (χ0) is 15.5. The summed E-state index contributed by atoms with van der Waals surface area (Å²) in [4.78, 5) is 25.3. The molecule has 0 aliphatic heterocycles. The van der Waals surface area contributed by atoms with Gasteiger partial charge in [0.1, 0.15) is 6.04 Å². The first kappa shape index (κ1) is 16.8. The zero-order valence-corrected chi connectivity index (χ0v) is 11.8. The fourth-order valence-electron chi connectivity index (χ4n) is 1.75. The van der Waals surface area contributed by atoms with Crippen LogP contribution in [0.3, 0.4) is 0 Å². The first-order chi connectivity index (χ1) is 10.1. The topological polar surface area (TPSA) is 106 Å². The van der Waals surface area contributed by atoms with Crippen molar-refractivity contribution in [3.63, 3.8) is 0 Å². The lowest BCUT2D eigenvalue weighted by molar-refractivity contribution is -0.145. The standard InChI is InChI=1S/C15H19N3O3/c16-14(9-8-13(19)11-18-17)15(20)21-10-4-7-12-5-2-1-3-6-12/h1-3,5-6,11,14H,4,7-10,16H2. The highest BCUT2D eigenvalue weighted by molar-refractivity contribution is 6.25. The van der Waals surface area contributed by atoms with Gasteiger partial charge in [-0.2, -0.15) is 4.79 Å². The second kappa shape index (κ2) is 9.58. The summed E-state index contributed by atoms with van der Waals surface area (Å²) >= 11 is 0. The first-order valence-corrected chi connectivity index (χ1v) is 6.80. The number of benzene rings is 1. The Morgan fingerprint density at radius 2 is 2.05 bits per heavy atom. The number of nitrogens with zero attached hydrogens (tertiary/aromatic N) is 2. The highest BCUT2D eigenvalue weighted by Crippen LogP contribution is 2.03. The van der Waals surface area contributed by atoms with E-state index in [0.29, 0.717) is 6.61 Å². The molecular weight excluding hydrogens is 270 g/mol. The van der Waals surface area contributed by atoms with E-state index in [1.165, 1.54) is 5.56 Å². The lowest BCUT2D eigenvalue weighted by Gasteiger charge is -2.10. The van der Waals surface area contributed by atoms with Crippen molar-refractivity contribution in [2.75, 3.05) is 6.61 Å². The molecule has 1 rings (SSSR count). The maximum atomic E-state index is 11.6. The smallest absolute Gasteiger partial charge is 0.323 e. The molecule has 0 amide bonds. The number of carbonyl (C=O) groups excluding carboxylic acids is 2. The molecule has 6 heteroatoms. The Labute approximate surface area is 123 Å². The van der Waals surface area contributed by atoms with Crippen LogP contribution in [0, 0.1) is 0 Å². The van der Waals surface area contributed by atoms with Crippen molar-refractivity contribution in [3.8, 4) is 0 Å². The molecule has 0 spiro atoms. The van der Waals surface area contributed by atoms with E-state index in [2.05, 4.69) is 4.79 Å². The van der Waals surface area contributed by atoms with E-state index in [1.807, 2.05) is 30.3 Å². The molecule has 2 N–H and O–H groups in total. The first-order valence-electron chi connectivity index (χ1n) is 6.80. The van der Waals surface area contributed by atoms with Gasteiger partial charge in [0, 0.05) is 6.42 Å². The molecule has 0 saturated carbocycles. The average Bonchev–Trinajstić information content (AvgIpc) is 2.50. The number of ketones is 1. The molecule has 0 aliphatic carbocycles. The maximum absolute atomic E-state index is 11.6. The van der Waals surface area contributed by atoms with Crippen LogP contribution in [0.15, 0.2) is 30.3 Å². The third-order valence-corrected chi connectivity index (χ3v) is 2.90. The number of hydrogen-bond donors (Lipinski definition) is 1. The van der Waals surface area contributed by atoms with Crippen molar-refractivity contribution < 1.29 is 19.1 Å². The van der Waals surface area contributed by atoms with E-state index in [1.54, 1.807) is 0 Å². The molecule has 0 aliphatic rings. The molecule has 1 aromatic rings. The van der Waals surface area contributed by atoms with Gasteiger partial charge in [-0.25, -0.2) is 0 Å². The summed E-state index contributed by atoms with van der Waals surface area (Å²) in [6.45, 7) is 0.299. The highest BCUT2D eigenvalue weighted by atomic mass is 16.5. The van der Waals surface area contributed by atoms with Crippen molar-refractivity contribution in [1.29, 1.82) is 0 Å². The van der Waals surface area contributed by atoms with Crippen LogP contribution in [0.25, 0.3) is 5.53 Å². The molecule has 0 bridgehead atoms. The molecular formula is C15H19N3O3. The molecule has 1 aromatic carbocycles. The minimum Gasteiger partial charge on any atom is -0.465 e. The van der Waals surface area contributed by atoms with Crippen LogP contribution >= 0.6 is 0 Å². The second-order valence-electron chi connectivity index (χ2n) is 4.61. The van der Waals surface area contributed by atoms with Gasteiger partial charge in [0.2, 0.25) is 5.78 Å². The highest BCUT2D eigenvalue weighted by Gasteiger charge is 2.16. The number of rotatable bonds is 9. The largest absolute Gasteiger partial charge is 0.465 e. The summed E-state index contributed by atoms with van der Waals surface area (Å²) in [6.07, 6.45) is 2.55. The Bertz CT molecular complexity index is 510. The van der Waals surface area contributed by atoms with Crippen molar-refractivity contribution in [2.45, 2.75) is 31.7 Å². The van der Waals surface area contributed by atoms with E-state index < -0.39 is 12.0 Å². The van der Waals surface area contributed by atoms with E-state index in [-0.39, 0.29) is 18.6 Å². The minimum absolute atomic E-state index is 0.0460. The van der Waals surface area contributed by atoms with Gasteiger partial charge in [0.05, 0.1) is 6.61 Å². The van der Waals surface area contributed by atoms with Crippen molar-refractivity contribution >= 4 is 18.0 Å². The third-order valence-electron chi connectivity index (χ3n) is 2.90. The molecule has 112 valence electrons. The normalized spacial score (nSPS) is 11.3. The second-order valence-corrected chi connectivity index (χ2v) is 4.61. The van der Waals surface area contributed by atoms with Gasteiger partial charge < -0.3 is 16.0 Å². The lowest BCUT2D eigenvalue weighted by atomic mass is 10.1. The van der Waals surface area contributed by atoms with Gasteiger partial charge >= 0.3 is 12.2 Å². The Kier molecular flexibility index (Phi) is 7.64. The van der Waals surface area contributed by atoms with Gasteiger partial charge in [-0.15, -0.1) is 0 Å². The van der Waals surface area contributed by atoms with Crippen LogP contribution in [0.2, 0.25) is 0 Å². The summed E-state index contributed by atoms with van der Waals surface area (Å²) in [5, 5.41) is 0. The van der Waals surface area contributed by atoms with Gasteiger partial charge in [0.25, 0.3) is 0 Å². The third kappa shape index (κ3) is 7.15. The summed E-state index contributed by atoms with van der Waals surface area (Å²) in [5.74, 6) is -0.901. The minimum atomic E-state index is -0.835. The quantitative estimate of drug-likeness (QED) is 0.242. The molecule has 21 heavy (non-hydrogen) atoms. The number of ether oxygens (including phenoxy) is 1. The van der Waals surface area contributed by atoms with Gasteiger partial charge in [0.15, 0.2) is 0 Å². The van der Waals surface area contributed by atoms with Gasteiger partial charge in [-0.05, 0) is 24.8 Å².